The van der Waals surface area contributed by atoms with Crippen LogP contribution < -0.4 is 10.6 Å². The van der Waals surface area contributed by atoms with Crippen LogP contribution in [0.25, 0.3) is 0 Å². The molecule has 1 aliphatic heterocycles. The van der Waals surface area contributed by atoms with E-state index in [0.717, 1.165) is 55.1 Å². The maximum absolute atomic E-state index is 12.9. The van der Waals surface area contributed by atoms with Crippen LogP contribution in [0.5, 0.6) is 0 Å². The van der Waals surface area contributed by atoms with Gasteiger partial charge >= 0.3 is 6.18 Å². The maximum Gasteiger partial charge on any atom is 0.416 e. The van der Waals surface area contributed by atoms with E-state index in [9.17, 15) is 33.0 Å². The molecular weight excluding hydrogens is 511 g/mol. The first kappa shape index (κ1) is 29.0. The first-order valence-electron chi connectivity index (χ1n) is 13.4. The van der Waals surface area contributed by atoms with Crippen molar-refractivity contribution >= 4 is 11.8 Å². The zero-order valence-electron chi connectivity index (χ0n) is 22.0. The number of nitrogens with one attached hydrogen (secondary N) is 2. The highest BCUT2D eigenvalue weighted by Gasteiger charge is 2.38. The number of rotatable bonds is 8. The lowest BCUT2D eigenvalue weighted by molar-refractivity contribution is -0.137. The van der Waals surface area contributed by atoms with Crippen molar-refractivity contribution in [2.75, 3.05) is 19.6 Å². The number of amides is 2. The van der Waals surface area contributed by atoms with Crippen LogP contribution in [0.4, 0.5) is 13.2 Å². The minimum absolute atomic E-state index is 0.0785. The maximum atomic E-state index is 12.9. The monoisotopic (exact) mass is 547 g/mol. The van der Waals surface area contributed by atoms with Crippen LogP contribution in [0.2, 0.25) is 0 Å². The van der Waals surface area contributed by atoms with E-state index in [1.807, 2.05) is 24.3 Å². The summed E-state index contributed by atoms with van der Waals surface area (Å²) in [6.45, 7) is 2.92. The van der Waals surface area contributed by atoms with Gasteiger partial charge in [0.2, 0.25) is 5.91 Å². The van der Waals surface area contributed by atoms with Crippen LogP contribution in [0.15, 0.2) is 48.5 Å². The Morgan fingerprint density at radius 2 is 1.79 bits per heavy atom. The third-order valence-corrected chi connectivity index (χ3v) is 7.77. The molecule has 7 nitrogen and oxygen atoms in total. The van der Waals surface area contributed by atoms with Gasteiger partial charge in [-0.2, -0.15) is 13.2 Å². The van der Waals surface area contributed by atoms with Crippen molar-refractivity contribution in [3.05, 3.63) is 70.8 Å². The minimum atomic E-state index is -4.55. The lowest BCUT2D eigenvalue weighted by atomic mass is 9.77. The standard InChI is InChI=1S/C29H36F3N3O4/c1-19(36)15-20-5-7-22(8-6-20)28(39)12-9-25(10-13-28)35-14-11-24(18-35)34-26(37)17-33-27(38)21-3-2-4-23(16-21)29(30,31)32/h2-8,16,19,24-25,36,39H,9-15,17-18H2,1H3,(H,33,38)(H,34,37). The number of hydrogen-bond acceptors (Lipinski definition) is 5. The predicted octanol–water partition coefficient (Wildman–Crippen LogP) is 3.38. The van der Waals surface area contributed by atoms with Crippen LogP contribution in [0.1, 0.15) is 66.1 Å². The van der Waals surface area contributed by atoms with Crippen molar-refractivity contribution in [2.45, 2.75) is 75.4 Å². The van der Waals surface area contributed by atoms with E-state index in [-0.39, 0.29) is 24.1 Å². The number of carbonyl (C=O) groups is 2. The summed E-state index contributed by atoms with van der Waals surface area (Å²) in [5, 5.41) is 26.1. The zero-order valence-corrected chi connectivity index (χ0v) is 22.0. The van der Waals surface area contributed by atoms with Gasteiger partial charge in [-0.05, 0) is 74.8 Å². The van der Waals surface area contributed by atoms with Crippen molar-refractivity contribution in [1.29, 1.82) is 0 Å². The Labute approximate surface area is 226 Å². The van der Waals surface area contributed by atoms with Crippen LogP contribution in [0.3, 0.4) is 0 Å². The summed E-state index contributed by atoms with van der Waals surface area (Å²) in [6.07, 6.45) is -0.671. The molecule has 2 atom stereocenters. The van der Waals surface area contributed by atoms with Gasteiger partial charge < -0.3 is 20.8 Å². The topological polar surface area (TPSA) is 102 Å². The Balaban J connectivity index is 1.21. The highest BCUT2D eigenvalue weighted by Crippen LogP contribution is 2.39. The summed E-state index contributed by atoms with van der Waals surface area (Å²) >= 11 is 0. The fourth-order valence-corrected chi connectivity index (χ4v) is 5.64. The van der Waals surface area contributed by atoms with Gasteiger partial charge in [0, 0.05) is 30.7 Å². The number of benzene rings is 2. The zero-order chi connectivity index (χ0) is 28.2. The molecule has 0 bridgehead atoms. The van der Waals surface area contributed by atoms with Gasteiger partial charge in [-0.15, -0.1) is 0 Å². The number of aliphatic hydroxyl groups is 2. The molecule has 2 amide bonds. The SMILES string of the molecule is CC(O)Cc1ccc(C2(O)CCC(N3CCC(NC(=O)CNC(=O)c4cccc(C(F)(F)F)c4)C3)CC2)cc1. The van der Waals surface area contributed by atoms with Crippen LogP contribution in [0, 0.1) is 0 Å². The number of likely N-dealkylation sites (tertiary alicyclic amines) is 1. The van der Waals surface area contributed by atoms with Gasteiger partial charge in [-0.25, -0.2) is 0 Å². The van der Waals surface area contributed by atoms with Crippen LogP contribution in [-0.4, -0.2) is 64.7 Å². The van der Waals surface area contributed by atoms with E-state index in [1.54, 1.807) is 6.92 Å². The van der Waals surface area contributed by atoms with Gasteiger partial charge in [-0.1, -0.05) is 30.3 Å². The van der Waals surface area contributed by atoms with Gasteiger partial charge in [0.25, 0.3) is 5.91 Å². The molecule has 0 spiro atoms. The summed E-state index contributed by atoms with van der Waals surface area (Å²) in [5.41, 5.74) is -0.0131. The van der Waals surface area contributed by atoms with Crippen molar-refractivity contribution in [3.63, 3.8) is 0 Å². The molecule has 0 radical (unpaired) electrons. The van der Waals surface area contributed by atoms with Gasteiger partial charge in [-0.3, -0.25) is 14.5 Å². The van der Waals surface area contributed by atoms with Crippen molar-refractivity contribution in [2.24, 2.45) is 0 Å². The highest BCUT2D eigenvalue weighted by atomic mass is 19.4. The van der Waals surface area contributed by atoms with E-state index >= 15 is 0 Å². The average molecular weight is 548 g/mol. The second kappa shape index (κ2) is 12.1. The number of aliphatic hydroxyl groups excluding tert-OH is 1. The molecule has 2 aromatic rings. The first-order chi connectivity index (χ1) is 18.4. The van der Waals surface area contributed by atoms with E-state index < -0.39 is 29.4 Å². The van der Waals surface area contributed by atoms with Gasteiger partial charge in [0.05, 0.1) is 23.8 Å². The van der Waals surface area contributed by atoms with Crippen LogP contribution >= 0.6 is 0 Å². The molecular formula is C29H36F3N3O4. The number of carbonyl (C=O) groups excluding carboxylic acids is 2. The fraction of sp³-hybridized carbons (Fsp3) is 0.517. The van der Waals surface area contributed by atoms with Crippen LogP contribution in [-0.2, 0) is 23.0 Å². The molecule has 0 aromatic heterocycles. The molecule has 4 rings (SSSR count). The Kier molecular flexibility index (Phi) is 8.98. The largest absolute Gasteiger partial charge is 0.416 e. The average Bonchev–Trinajstić information content (AvgIpc) is 3.35. The molecule has 39 heavy (non-hydrogen) atoms. The quantitative estimate of drug-likeness (QED) is 0.406. The molecule has 1 aliphatic carbocycles. The Hall–Kier alpha value is -2.95. The summed E-state index contributed by atoms with van der Waals surface area (Å²) < 4.78 is 38.6. The van der Waals surface area contributed by atoms with E-state index in [2.05, 4.69) is 15.5 Å². The van der Waals surface area contributed by atoms with Crippen molar-refractivity contribution in [1.82, 2.24) is 15.5 Å². The second-order valence-corrected chi connectivity index (χ2v) is 10.8. The predicted molar refractivity (Wildman–Crippen MR) is 140 cm³/mol. The number of nitrogens with zero attached hydrogens (tertiary/aromatic N) is 1. The molecule has 1 saturated heterocycles. The number of hydrogen-bond donors (Lipinski definition) is 4. The third kappa shape index (κ3) is 7.58. The smallest absolute Gasteiger partial charge is 0.393 e. The molecule has 212 valence electrons. The Morgan fingerprint density at radius 1 is 1.10 bits per heavy atom. The lowest BCUT2D eigenvalue weighted by Gasteiger charge is -2.40. The van der Waals surface area contributed by atoms with Gasteiger partial charge in [0.1, 0.15) is 0 Å². The molecule has 1 heterocycles. The summed E-state index contributed by atoms with van der Waals surface area (Å²) in [7, 11) is 0. The van der Waals surface area contributed by atoms with Gasteiger partial charge in [0.15, 0.2) is 0 Å². The molecule has 1 saturated carbocycles. The molecule has 2 fully saturated rings. The minimum Gasteiger partial charge on any atom is -0.393 e. The summed E-state index contributed by atoms with van der Waals surface area (Å²) in [4.78, 5) is 27.0. The molecule has 10 heteroatoms. The normalized spacial score (nSPS) is 24.8. The first-order valence-corrected chi connectivity index (χ1v) is 13.4. The summed E-state index contributed by atoms with van der Waals surface area (Å²) in [6, 6.07) is 12.1. The van der Waals surface area contributed by atoms with E-state index in [4.69, 9.17) is 0 Å². The second-order valence-electron chi connectivity index (χ2n) is 10.8. The number of alkyl halides is 3. The van der Waals surface area contributed by atoms with E-state index in [1.165, 1.54) is 6.07 Å². The van der Waals surface area contributed by atoms with E-state index in [0.29, 0.717) is 31.8 Å². The lowest BCUT2D eigenvalue weighted by Crippen LogP contribution is -2.45. The third-order valence-electron chi connectivity index (χ3n) is 7.77. The highest BCUT2D eigenvalue weighted by molar-refractivity contribution is 5.96. The Bertz CT molecular complexity index is 1150. The fourth-order valence-electron chi connectivity index (χ4n) is 5.64. The molecule has 2 aromatic carbocycles. The number of halogens is 3. The molecule has 2 unspecified atom stereocenters. The van der Waals surface area contributed by atoms with Crippen molar-refractivity contribution < 1.29 is 33.0 Å². The molecule has 4 N–H and O–H groups in total. The van der Waals surface area contributed by atoms with Crippen molar-refractivity contribution in [3.8, 4) is 0 Å². The molecule has 2 aliphatic rings. The Morgan fingerprint density at radius 3 is 2.44 bits per heavy atom. The summed E-state index contributed by atoms with van der Waals surface area (Å²) in [5.74, 6) is -1.13.